The van der Waals surface area contributed by atoms with E-state index in [0.29, 0.717) is 0 Å². The lowest BCUT2D eigenvalue weighted by atomic mass is 9.96. The summed E-state index contributed by atoms with van der Waals surface area (Å²) in [5.74, 6) is 0. The number of rotatable bonds is 5. The van der Waals surface area contributed by atoms with Crippen molar-refractivity contribution in [3.05, 3.63) is 119 Å². The van der Waals surface area contributed by atoms with Crippen LogP contribution in [-0.4, -0.2) is 19.6 Å². The van der Waals surface area contributed by atoms with E-state index in [4.69, 9.17) is 12.2 Å². The molecule has 0 radical (unpaired) electrons. The van der Waals surface area contributed by atoms with E-state index >= 15 is 0 Å². The van der Waals surface area contributed by atoms with Gasteiger partial charge in [0.1, 0.15) is 0 Å². The Labute approximate surface area is 200 Å². The van der Waals surface area contributed by atoms with Crippen LogP contribution >= 0.6 is 12.2 Å². The Balaban J connectivity index is 1.62. The summed E-state index contributed by atoms with van der Waals surface area (Å²) in [5, 5.41) is 4.34. The summed E-state index contributed by atoms with van der Waals surface area (Å²) < 4.78 is 2.35. The predicted molar refractivity (Wildman–Crippen MR) is 137 cm³/mol. The summed E-state index contributed by atoms with van der Waals surface area (Å²) in [6.45, 7) is 7.27. The first-order valence-corrected chi connectivity index (χ1v) is 11.7. The van der Waals surface area contributed by atoms with Gasteiger partial charge in [0.05, 0.1) is 17.8 Å². The van der Waals surface area contributed by atoms with Gasteiger partial charge in [-0.3, -0.25) is 4.98 Å². The van der Waals surface area contributed by atoms with Crippen LogP contribution in [0.2, 0.25) is 0 Å². The maximum absolute atomic E-state index is 5.87. The SMILES string of the molecule is Cc1cccc(-n2c(C)cc([C@H]3[C@H](c4ccccn4)NC(=S)N3Cc3ccccc3)c2C)c1. The summed E-state index contributed by atoms with van der Waals surface area (Å²) >= 11 is 5.87. The fourth-order valence-electron chi connectivity index (χ4n) is 4.95. The van der Waals surface area contributed by atoms with Gasteiger partial charge in [-0.2, -0.15) is 0 Å². The number of aryl methyl sites for hydroxylation is 2. The molecule has 0 amide bonds. The molecule has 4 nitrogen and oxygen atoms in total. The summed E-state index contributed by atoms with van der Waals surface area (Å²) in [7, 11) is 0. The fraction of sp³-hybridized carbons (Fsp3) is 0.214. The molecular weight excluding hydrogens is 424 g/mol. The van der Waals surface area contributed by atoms with E-state index < -0.39 is 0 Å². The topological polar surface area (TPSA) is 33.1 Å². The van der Waals surface area contributed by atoms with E-state index in [1.54, 1.807) is 0 Å². The van der Waals surface area contributed by atoms with Gasteiger partial charge in [0.2, 0.25) is 0 Å². The van der Waals surface area contributed by atoms with Gasteiger partial charge in [-0.15, -0.1) is 0 Å². The van der Waals surface area contributed by atoms with E-state index in [2.05, 4.69) is 101 Å². The second-order valence-electron chi connectivity index (χ2n) is 8.74. The van der Waals surface area contributed by atoms with Crippen LogP contribution in [0.4, 0.5) is 0 Å². The van der Waals surface area contributed by atoms with Crippen LogP contribution in [0.15, 0.2) is 85.1 Å². The molecule has 0 aliphatic carbocycles. The smallest absolute Gasteiger partial charge is 0.170 e. The molecule has 33 heavy (non-hydrogen) atoms. The Morgan fingerprint density at radius 3 is 2.42 bits per heavy atom. The van der Waals surface area contributed by atoms with Crippen LogP contribution in [0.25, 0.3) is 5.69 Å². The quantitative estimate of drug-likeness (QED) is 0.378. The number of pyridine rings is 1. The lowest BCUT2D eigenvalue weighted by molar-refractivity contribution is 0.310. The van der Waals surface area contributed by atoms with Gasteiger partial charge < -0.3 is 14.8 Å². The highest BCUT2D eigenvalue weighted by Crippen LogP contribution is 2.42. The zero-order valence-electron chi connectivity index (χ0n) is 19.2. The summed E-state index contributed by atoms with van der Waals surface area (Å²) in [6.07, 6.45) is 1.85. The van der Waals surface area contributed by atoms with Gasteiger partial charge in [0, 0.05) is 29.8 Å². The molecule has 3 heterocycles. The van der Waals surface area contributed by atoms with Crippen molar-refractivity contribution in [1.82, 2.24) is 19.8 Å². The number of thiocarbonyl (C=S) groups is 1. The molecule has 2 aromatic heterocycles. The van der Waals surface area contributed by atoms with E-state index in [9.17, 15) is 0 Å². The van der Waals surface area contributed by atoms with E-state index in [0.717, 1.165) is 17.4 Å². The van der Waals surface area contributed by atoms with E-state index in [1.807, 2.05) is 24.4 Å². The molecule has 166 valence electrons. The molecule has 0 saturated carbocycles. The molecule has 1 fully saturated rings. The molecule has 1 aliphatic rings. The molecular formula is C28H28N4S. The third-order valence-electron chi connectivity index (χ3n) is 6.44. The second kappa shape index (κ2) is 8.83. The maximum atomic E-state index is 5.87. The second-order valence-corrected chi connectivity index (χ2v) is 9.13. The average molecular weight is 453 g/mol. The maximum Gasteiger partial charge on any atom is 0.170 e. The van der Waals surface area contributed by atoms with Crippen LogP contribution in [0, 0.1) is 20.8 Å². The van der Waals surface area contributed by atoms with E-state index in [-0.39, 0.29) is 12.1 Å². The zero-order valence-corrected chi connectivity index (χ0v) is 20.0. The minimum Gasteiger partial charge on any atom is -0.352 e. The van der Waals surface area contributed by atoms with Crippen LogP contribution in [0.3, 0.4) is 0 Å². The summed E-state index contributed by atoms with van der Waals surface area (Å²) in [4.78, 5) is 7.00. The highest BCUT2D eigenvalue weighted by Gasteiger charge is 2.41. The monoisotopic (exact) mass is 452 g/mol. The molecule has 1 aliphatic heterocycles. The summed E-state index contributed by atoms with van der Waals surface area (Å²) in [6, 6.07) is 27.6. The molecule has 1 saturated heterocycles. The minimum atomic E-state index is -0.0196. The van der Waals surface area contributed by atoms with Crippen LogP contribution in [0.5, 0.6) is 0 Å². The third kappa shape index (κ3) is 4.05. The number of hydrogen-bond donors (Lipinski definition) is 1. The summed E-state index contributed by atoms with van der Waals surface area (Å²) in [5.41, 5.74) is 8.39. The van der Waals surface area contributed by atoms with Gasteiger partial charge in [0.25, 0.3) is 0 Å². The number of nitrogens with zero attached hydrogens (tertiary/aromatic N) is 3. The molecule has 0 bridgehead atoms. The number of nitrogens with one attached hydrogen (secondary N) is 1. The predicted octanol–water partition coefficient (Wildman–Crippen LogP) is 5.97. The standard InChI is InChI=1S/C28H28N4S/c1-19-10-9-13-23(16-19)32-20(2)17-24(21(32)3)27-26(25-14-7-8-15-29-25)30-28(33)31(27)18-22-11-5-4-6-12-22/h4-17,26-27H,18H2,1-3H3,(H,30,33)/t26-,27-/m0/s1. The Morgan fingerprint density at radius 1 is 0.909 bits per heavy atom. The van der Waals surface area contributed by atoms with Crippen molar-refractivity contribution < 1.29 is 0 Å². The molecule has 2 atom stereocenters. The number of aromatic nitrogens is 2. The van der Waals surface area contributed by atoms with Gasteiger partial charge in [-0.1, -0.05) is 48.5 Å². The third-order valence-corrected chi connectivity index (χ3v) is 6.79. The molecule has 0 spiro atoms. The number of benzene rings is 2. The van der Waals surface area contributed by atoms with Gasteiger partial charge in [0.15, 0.2) is 5.11 Å². The first-order chi connectivity index (χ1) is 16.0. The Hall–Kier alpha value is -3.44. The fourth-order valence-corrected chi connectivity index (χ4v) is 5.25. The molecule has 1 N–H and O–H groups in total. The van der Waals surface area contributed by atoms with Crippen molar-refractivity contribution in [2.45, 2.75) is 39.4 Å². The van der Waals surface area contributed by atoms with Crippen molar-refractivity contribution in [2.24, 2.45) is 0 Å². The minimum absolute atomic E-state index is 0.0196. The Kier molecular flexibility index (Phi) is 5.73. The number of hydrogen-bond acceptors (Lipinski definition) is 2. The van der Waals surface area contributed by atoms with Crippen molar-refractivity contribution in [3.8, 4) is 5.69 Å². The average Bonchev–Trinajstić information content (AvgIpc) is 3.30. The van der Waals surface area contributed by atoms with Gasteiger partial charge in [-0.25, -0.2) is 0 Å². The largest absolute Gasteiger partial charge is 0.352 e. The first kappa shape index (κ1) is 21.4. The van der Waals surface area contributed by atoms with Crippen LogP contribution in [0.1, 0.15) is 45.9 Å². The highest BCUT2D eigenvalue weighted by molar-refractivity contribution is 7.80. The van der Waals surface area contributed by atoms with Crippen LogP contribution < -0.4 is 5.32 Å². The molecule has 5 heteroatoms. The lowest BCUT2D eigenvalue weighted by Crippen LogP contribution is -2.29. The van der Waals surface area contributed by atoms with Crippen molar-refractivity contribution in [2.75, 3.05) is 0 Å². The Bertz CT molecular complexity index is 1280. The highest BCUT2D eigenvalue weighted by atomic mass is 32.1. The Morgan fingerprint density at radius 2 is 1.70 bits per heavy atom. The van der Waals surface area contributed by atoms with Crippen molar-refractivity contribution >= 4 is 17.3 Å². The van der Waals surface area contributed by atoms with Gasteiger partial charge >= 0.3 is 0 Å². The molecule has 4 aromatic rings. The molecule has 2 aromatic carbocycles. The van der Waals surface area contributed by atoms with Gasteiger partial charge in [-0.05, 0) is 80.0 Å². The first-order valence-electron chi connectivity index (χ1n) is 11.3. The normalized spacial score (nSPS) is 17.9. The molecule has 5 rings (SSSR count). The van der Waals surface area contributed by atoms with Crippen molar-refractivity contribution in [1.29, 1.82) is 0 Å². The van der Waals surface area contributed by atoms with Crippen molar-refractivity contribution in [3.63, 3.8) is 0 Å². The van der Waals surface area contributed by atoms with E-state index in [1.165, 1.54) is 33.8 Å². The van der Waals surface area contributed by atoms with Crippen LogP contribution in [-0.2, 0) is 6.54 Å². The zero-order chi connectivity index (χ0) is 22.9. The lowest BCUT2D eigenvalue weighted by Gasteiger charge is -2.28. The molecule has 0 unspecified atom stereocenters.